The molecule has 0 bridgehead atoms. The van der Waals surface area contributed by atoms with Crippen LogP contribution >= 0.6 is 0 Å². The number of likely N-dealkylation sites (tertiary alicyclic amines) is 1. The summed E-state index contributed by atoms with van der Waals surface area (Å²) in [4.78, 5) is 16.2. The molecule has 20 heavy (non-hydrogen) atoms. The summed E-state index contributed by atoms with van der Waals surface area (Å²) < 4.78 is 5.64. The number of nitrogens with zero attached hydrogens (tertiary/aromatic N) is 2. The van der Waals surface area contributed by atoms with Crippen molar-refractivity contribution in [2.24, 2.45) is 0 Å². The Labute approximate surface area is 120 Å². The first kappa shape index (κ1) is 15.3. The molecule has 0 saturated carbocycles. The summed E-state index contributed by atoms with van der Waals surface area (Å²) in [7, 11) is 0. The number of rotatable bonds is 2. The third-order valence-corrected chi connectivity index (χ3v) is 4.08. The Hall–Kier alpha value is -1.09. The van der Waals surface area contributed by atoms with Crippen LogP contribution in [0.3, 0.4) is 0 Å². The molecule has 2 aliphatic rings. The first-order valence-electron chi connectivity index (χ1n) is 7.18. The Bertz CT molecular complexity index is 406. The molecule has 0 aromatic rings. The second kappa shape index (κ2) is 5.72. The summed E-state index contributed by atoms with van der Waals surface area (Å²) in [6.45, 7) is 7.78. The van der Waals surface area contributed by atoms with Gasteiger partial charge in [-0.3, -0.25) is 9.69 Å². The van der Waals surface area contributed by atoms with E-state index in [0.717, 1.165) is 13.1 Å². The average molecular weight is 280 g/mol. The topological polar surface area (TPSA) is 53.0 Å². The number of hydrogen-bond donors (Lipinski definition) is 1. The fourth-order valence-electron chi connectivity index (χ4n) is 2.81. The van der Waals surface area contributed by atoms with Crippen LogP contribution in [0, 0.1) is 12.3 Å². The Morgan fingerprint density at radius 3 is 2.55 bits per heavy atom. The van der Waals surface area contributed by atoms with Crippen LogP contribution in [0.1, 0.15) is 26.7 Å². The maximum Gasteiger partial charge on any atom is 0.236 e. The highest BCUT2D eigenvalue weighted by atomic mass is 16.5. The predicted octanol–water partition coefficient (Wildman–Crippen LogP) is 0.0839. The van der Waals surface area contributed by atoms with Crippen molar-refractivity contribution in [2.75, 3.05) is 39.3 Å². The first-order valence-corrected chi connectivity index (χ1v) is 7.18. The maximum atomic E-state index is 12.3. The molecule has 1 N–H and O–H groups in total. The summed E-state index contributed by atoms with van der Waals surface area (Å²) in [5.41, 5.74) is -1.22. The van der Waals surface area contributed by atoms with Gasteiger partial charge in [-0.25, -0.2) is 0 Å². The van der Waals surface area contributed by atoms with E-state index in [4.69, 9.17) is 11.2 Å². The lowest BCUT2D eigenvalue weighted by molar-refractivity contribution is -0.139. The number of terminal acetylenes is 1. The number of ether oxygens (including phenoxy) is 1. The SMILES string of the molecule is C#CC1(O)CCN(C(=O)CN2CCOC(C)(C)C2)CC1. The summed E-state index contributed by atoms with van der Waals surface area (Å²) in [5, 5.41) is 9.97. The molecule has 5 heteroatoms. The monoisotopic (exact) mass is 280 g/mol. The van der Waals surface area contributed by atoms with Gasteiger partial charge < -0.3 is 14.7 Å². The van der Waals surface area contributed by atoms with E-state index in [1.165, 1.54) is 0 Å². The zero-order chi connectivity index (χ0) is 14.8. The van der Waals surface area contributed by atoms with Crippen molar-refractivity contribution >= 4 is 5.91 Å². The standard InChI is InChI=1S/C15H24N2O3/c1-4-15(19)5-7-17(8-6-15)13(18)11-16-9-10-20-14(2,3)12-16/h1,19H,5-12H2,2-3H3. The molecule has 0 radical (unpaired) electrons. The second-order valence-corrected chi connectivity index (χ2v) is 6.38. The Morgan fingerprint density at radius 2 is 2.00 bits per heavy atom. The minimum Gasteiger partial charge on any atom is -0.377 e. The van der Waals surface area contributed by atoms with Crippen LogP contribution in [-0.2, 0) is 9.53 Å². The molecule has 2 aliphatic heterocycles. The Balaban J connectivity index is 1.83. The molecular weight excluding hydrogens is 256 g/mol. The first-order chi connectivity index (χ1) is 9.34. The van der Waals surface area contributed by atoms with Gasteiger partial charge in [-0.2, -0.15) is 0 Å². The van der Waals surface area contributed by atoms with E-state index in [1.807, 2.05) is 13.8 Å². The van der Waals surface area contributed by atoms with Gasteiger partial charge >= 0.3 is 0 Å². The van der Waals surface area contributed by atoms with Crippen LogP contribution < -0.4 is 0 Å². The van der Waals surface area contributed by atoms with Crippen LogP contribution in [0.5, 0.6) is 0 Å². The molecule has 5 nitrogen and oxygen atoms in total. The van der Waals surface area contributed by atoms with Crippen LogP contribution in [0.2, 0.25) is 0 Å². The van der Waals surface area contributed by atoms with Crippen molar-refractivity contribution in [3.8, 4) is 12.3 Å². The van der Waals surface area contributed by atoms with Crippen LogP contribution in [0.15, 0.2) is 0 Å². The third-order valence-electron chi connectivity index (χ3n) is 4.08. The molecule has 2 fully saturated rings. The smallest absolute Gasteiger partial charge is 0.236 e. The summed E-state index contributed by atoms with van der Waals surface area (Å²) in [5.74, 6) is 2.54. The quantitative estimate of drug-likeness (QED) is 0.728. The summed E-state index contributed by atoms with van der Waals surface area (Å²) in [6.07, 6.45) is 6.24. The summed E-state index contributed by atoms with van der Waals surface area (Å²) in [6, 6.07) is 0. The van der Waals surface area contributed by atoms with Crippen LogP contribution in [0.25, 0.3) is 0 Å². The molecule has 0 aromatic carbocycles. The van der Waals surface area contributed by atoms with E-state index < -0.39 is 5.60 Å². The molecule has 0 unspecified atom stereocenters. The Kier molecular flexibility index (Phi) is 4.38. The van der Waals surface area contributed by atoms with Crippen LogP contribution in [0.4, 0.5) is 0 Å². The second-order valence-electron chi connectivity index (χ2n) is 6.38. The maximum absolute atomic E-state index is 12.3. The normalized spacial score (nSPS) is 26.0. The van der Waals surface area contributed by atoms with Crippen LogP contribution in [-0.4, -0.2) is 71.3 Å². The highest BCUT2D eigenvalue weighted by Gasteiger charge is 2.34. The van der Waals surface area contributed by atoms with Crippen molar-refractivity contribution in [2.45, 2.75) is 37.9 Å². The summed E-state index contributed by atoms with van der Waals surface area (Å²) >= 11 is 0. The molecule has 2 rings (SSSR count). The molecule has 112 valence electrons. The number of carbonyl (C=O) groups is 1. The number of morpholine rings is 1. The largest absolute Gasteiger partial charge is 0.377 e. The van der Waals surface area contributed by atoms with Crippen molar-refractivity contribution in [1.82, 2.24) is 9.80 Å². The Morgan fingerprint density at radius 1 is 1.35 bits per heavy atom. The minimum absolute atomic E-state index is 0.113. The predicted molar refractivity (Wildman–Crippen MR) is 76.1 cm³/mol. The number of hydrogen-bond acceptors (Lipinski definition) is 4. The molecule has 0 atom stereocenters. The zero-order valence-electron chi connectivity index (χ0n) is 12.4. The lowest BCUT2D eigenvalue weighted by Gasteiger charge is -2.40. The van der Waals surface area contributed by atoms with Gasteiger partial charge in [0, 0.05) is 39.0 Å². The van der Waals surface area contributed by atoms with Gasteiger partial charge in [-0.1, -0.05) is 5.92 Å². The van der Waals surface area contributed by atoms with Crippen molar-refractivity contribution in [3.63, 3.8) is 0 Å². The lowest BCUT2D eigenvalue weighted by Crippen LogP contribution is -2.53. The zero-order valence-corrected chi connectivity index (χ0v) is 12.4. The highest BCUT2D eigenvalue weighted by Crippen LogP contribution is 2.22. The molecule has 0 aromatic heterocycles. The molecule has 2 heterocycles. The van der Waals surface area contributed by atoms with Gasteiger partial charge in [0.2, 0.25) is 5.91 Å². The van der Waals surface area contributed by atoms with Crippen molar-refractivity contribution in [3.05, 3.63) is 0 Å². The highest BCUT2D eigenvalue weighted by molar-refractivity contribution is 5.78. The van der Waals surface area contributed by atoms with E-state index in [0.29, 0.717) is 39.1 Å². The van der Waals surface area contributed by atoms with E-state index in [2.05, 4.69) is 10.8 Å². The molecular formula is C15H24N2O3. The molecule has 1 amide bonds. The van der Waals surface area contributed by atoms with Gasteiger partial charge in [0.1, 0.15) is 5.60 Å². The third kappa shape index (κ3) is 3.72. The average Bonchev–Trinajstić information content (AvgIpc) is 2.38. The minimum atomic E-state index is -1.03. The van der Waals surface area contributed by atoms with Gasteiger partial charge in [0.05, 0.1) is 18.8 Å². The fourth-order valence-corrected chi connectivity index (χ4v) is 2.81. The van der Waals surface area contributed by atoms with Crippen molar-refractivity contribution < 1.29 is 14.6 Å². The van der Waals surface area contributed by atoms with E-state index in [1.54, 1.807) is 4.90 Å². The number of aliphatic hydroxyl groups is 1. The number of piperidine rings is 1. The van der Waals surface area contributed by atoms with E-state index in [-0.39, 0.29) is 11.5 Å². The van der Waals surface area contributed by atoms with Gasteiger partial charge in [-0.05, 0) is 13.8 Å². The van der Waals surface area contributed by atoms with Crippen molar-refractivity contribution in [1.29, 1.82) is 0 Å². The lowest BCUT2D eigenvalue weighted by atomic mass is 9.92. The van der Waals surface area contributed by atoms with E-state index in [9.17, 15) is 9.90 Å². The number of carbonyl (C=O) groups excluding carboxylic acids is 1. The van der Waals surface area contributed by atoms with Gasteiger partial charge in [-0.15, -0.1) is 6.42 Å². The van der Waals surface area contributed by atoms with Gasteiger partial charge in [0.25, 0.3) is 0 Å². The molecule has 2 saturated heterocycles. The molecule has 0 aliphatic carbocycles. The van der Waals surface area contributed by atoms with Gasteiger partial charge in [0.15, 0.2) is 0 Å². The fraction of sp³-hybridized carbons (Fsp3) is 0.800. The molecule has 0 spiro atoms. The van der Waals surface area contributed by atoms with E-state index >= 15 is 0 Å². The number of amides is 1.